The topological polar surface area (TPSA) is 96.2 Å². The van der Waals surface area contributed by atoms with Crippen LogP contribution in [0.15, 0.2) is 40.9 Å². The minimum atomic E-state index is -0.222. The molecule has 1 aliphatic rings. The molecule has 0 saturated carbocycles. The molecule has 0 spiro atoms. The number of nitrogens with zero attached hydrogens (tertiary/aromatic N) is 3. The van der Waals surface area contributed by atoms with Gasteiger partial charge in [0.25, 0.3) is 0 Å². The summed E-state index contributed by atoms with van der Waals surface area (Å²) in [5.74, 6) is 3.02. The van der Waals surface area contributed by atoms with Crippen LogP contribution in [0.25, 0.3) is 11.4 Å². The Bertz CT molecular complexity index is 1110. The normalized spacial score (nSPS) is 15.7. The molecule has 168 valence electrons. The van der Waals surface area contributed by atoms with Crippen molar-refractivity contribution >= 4 is 11.6 Å². The molecule has 2 heterocycles. The van der Waals surface area contributed by atoms with Gasteiger partial charge in [0.05, 0.1) is 39.5 Å². The van der Waals surface area contributed by atoms with Crippen molar-refractivity contribution in [3.8, 4) is 34.4 Å². The third-order valence-corrected chi connectivity index (χ3v) is 5.32. The first kappa shape index (κ1) is 21.5. The molecule has 0 aliphatic carbocycles. The third kappa shape index (κ3) is 4.05. The van der Waals surface area contributed by atoms with Crippen molar-refractivity contribution in [2.75, 3.05) is 39.4 Å². The molecule has 2 aromatic carbocycles. The SMILES string of the molecule is CCOc1ccc(-c2noc(C3CC(=O)N(c4ccc(OC)cc4OC)C3)n2)cc1OC. The first-order valence-electron chi connectivity index (χ1n) is 10.2. The van der Waals surface area contributed by atoms with E-state index >= 15 is 0 Å². The lowest BCUT2D eigenvalue weighted by Gasteiger charge is -2.19. The Hall–Kier alpha value is -3.75. The lowest BCUT2D eigenvalue weighted by Crippen LogP contribution is -2.24. The second-order valence-corrected chi connectivity index (χ2v) is 7.20. The zero-order valence-corrected chi connectivity index (χ0v) is 18.5. The van der Waals surface area contributed by atoms with Crippen LogP contribution in [0.3, 0.4) is 0 Å². The molecule has 1 unspecified atom stereocenters. The summed E-state index contributed by atoms with van der Waals surface area (Å²) >= 11 is 0. The molecular formula is C23H25N3O6. The summed E-state index contributed by atoms with van der Waals surface area (Å²) in [5.41, 5.74) is 1.41. The smallest absolute Gasteiger partial charge is 0.232 e. The van der Waals surface area contributed by atoms with Crippen molar-refractivity contribution in [2.24, 2.45) is 0 Å². The van der Waals surface area contributed by atoms with Gasteiger partial charge in [-0.25, -0.2) is 0 Å². The van der Waals surface area contributed by atoms with E-state index in [1.165, 1.54) is 0 Å². The quantitative estimate of drug-likeness (QED) is 0.524. The van der Waals surface area contributed by atoms with Gasteiger partial charge in [0.1, 0.15) is 11.5 Å². The second kappa shape index (κ2) is 9.17. The zero-order chi connectivity index (χ0) is 22.7. The van der Waals surface area contributed by atoms with E-state index in [0.717, 1.165) is 5.56 Å². The molecule has 0 bridgehead atoms. The van der Waals surface area contributed by atoms with Crippen LogP contribution in [0.2, 0.25) is 0 Å². The highest BCUT2D eigenvalue weighted by Crippen LogP contribution is 2.38. The molecule has 1 atom stereocenters. The van der Waals surface area contributed by atoms with Crippen LogP contribution in [-0.4, -0.2) is 50.5 Å². The van der Waals surface area contributed by atoms with Gasteiger partial charge in [0.15, 0.2) is 11.5 Å². The Kier molecular flexibility index (Phi) is 6.16. The molecule has 1 fully saturated rings. The molecule has 9 heteroatoms. The van der Waals surface area contributed by atoms with Crippen molar-refractivity contribution in [1.82, 2.24) is 10.1 Å². The predicted molar refractivity (Wildman–Crippen MR) is 117 cm³/mol. The lowest BCUT2D eigenvalue weighted by atomic mass is 10.1. The molecule has 1 aromatic heterocycles. The van der Waals surface area contributed by atoms with Gasteiger partial charge in [-0.05, 0) is 37.3 Å². The van der Waals surface area contributed by atoms with Crippen LogP contribution in [0.1, 0.15) is 25.2 Å². The average Bonchev–Trinajstić information content (AvgIpc) is 3.46. The van der Waals surface area contributed by atoms with Crippen molar-refractivity contribution in [2.45, 2.75) is 19.3 Å². The number of carbonyl (C=O) groups excluding carboxylic acids is 1. The maximum Gasteiger partial charge on any atom is 0.232 e. The number of hydrogen-bond acceptors (Lipinski definition) is 8. The van der Waals surface area contributed by atoms with Gasteiger partial charge in [-0.1, -0.05) is 5.16 Å². The maximum absolute atomic E-state index is 12.8. The number of hydrogen-bond donors (Lipinski definition) is 0. The van der Waals surface area contributed by atoms with E-state index < -0.39 is 0 Å². The summed E-state index contributed by atoms with van der Waals surface area (Å²) in [6.07, 6.45) is 0.267. The molecule has 1 amide bonds. The van der Waals surface area contributed by atoms with Gasteiger partial charge >= 0.3 is 0 Å². The summed E-state index contributed by atoms with van der Waals surface area (Å²) in [4.78, 5) is 19.0. The molecule has 0 radical (unpaired) electrons. The van der Waals surface area contributed by atoms with Crippen LogP contribution in [-0.2, 0) is 4.79 Å². The number of rotatable bonds is 8. The fraction of sp³-hybridized carbons (Fsp3) is 0.348. The minimum Gasteiger partial charge on any atom is -0.497 e. The van der Waals surface area contributed by atoms with Gasteiger partial charge < -0.3 is 28.4 Å². The second-order valence-electron chi connectivity index (χ2n) is 7.20. The third-order valence-electron chi connectivity index (χ3n) is 5.32. The molecule has 4 rings (SSSR count). The Morgan fingerprint density at radius 1 is 1.03 bits per heavy atom. The number of methoxy groups -OCH3 is 3. The first-order valence-corrected chi connectivity index (χ1v) is 10.2. The summed E-state index contributed by atoms with van der Waals surface area (Å²) in [7, 11) is 4.72. The molecule has 32 heavy (non-hydrogen) atoms. The molecule has 9 nitrogen and oxygen atoms in total. The molecule has 0 N–H and O–H groups in total. The van der Waals surface area contributed by atoms with Crippen LogP contribution in [0.4, 0.5) is 5.69 Å². The highest BCUT2D eigenvalue weighted by Gasteiger charge is 2.36. The average molecular weight is 439 g/mol. The molecular weight excluding hydrogens is 414 g/mol. The van der Waals surface area contributed by atoms with Crippen LogP contribution < -0.4 is 23.8 Å². The predicted octanol–water partition coefficient (Wildman–Crippen LogP) is 3.68. The van der Waals surface area contributed by atoms with E-state index in [4.69, 9.17) is 23.5 Å². The fourth-order valence-electron chi connectivity index (χ4n) is 3.71. The van der Waals surface area contributed by atoms with E-state index in [1.54, 1.807) is 44.4 Å². The van der Waals surface area contributed by atoms with Gasteiger partial charge in [0, 0.05) is 24.6 Å². The van der Waals surface area contributed by atoms with E-state index in [1.807, 2.05) is 25.1 Å². The highest BCUT2D eigenvalue weighted by molar-refractivity contribution is 5.97. The Morgan fingerprint density at radius 2 is 1.84 bits per heavy atom. The van der Waals surface area contributed by atoms with Crippen LogP contribution >= 0.6 is 0 Å². The van der Waals surface area contributed by atoms with Crippen molar-refractivity contribution < 1.29 is 28.3 Å². The minimum absolute atomic E-state index is 0.0408. The number of carbonyl (C=O) groups is 1. The van der Waals surface area contributed by atoms with Crippen LogP contribution in [0, 0.1) is 0 Å². The molecule has 1 saturated heterocycles. The summed E-state index contributed by atoms with van der Waals surface area (Å²) in [5, 5.41) is 4.11. The summed E-state index contributed by atoms with van der Waals surface area (Å²) in [6, 6.07) is 10.8. The van der Waals surface area contributed by atoms with Gasteiger partial charge in [-0.3, -0.25) is 4.79 Å². The number of anilines is 1. The highest BCUT2D eigenvalue weighted by atomic mass is 16.5. The fourth-order valence-corrected chi connectivity index (χ4v) is 3.71. The Morgan fingerprint density at radius 3 is 2.56 bits per heavy atom. The van der Waals surface area contributed by atoms with E-state index in [-0.39, 0.29) is 18.2 Å². The number of ether oxygens (including phenoxy) is 4. The van der Waals surface area contributed by atoms with Gasteiger partial charge in [-0.15, -0.1) is 0 Å². The van der Waals surface area contributed by atoms with Gasteiger partial charge in [0.2, 0.25) is 17.6 Å². The van der Waals surface area contributed by atoms with E-state index in [0.29, 0.717) is 53.6 Å². The maximum atomic E-state index is 12.8. The molecule has 1 aliphatic heterocycles. The Labute approximate surface area is 185 Å². The van der Waals surface area contributed by atoms with Crippen LogP contribution in [0.5, 0.6) is 23.0 Å². The number of aromatic nitrogens is 2. The van der Waals surface area contributed by atoms with E-state index in [9.17, 15) is 4.79 Å². The van der Waals surface area contributed by atoms with Crippen molar-refractivity contribution in [3.05, 3.63) is 42.3 Å². The van der Waals surface area contributed by atoms with Gasteiger partial charge in [-0.2, -0.15) is 4.98 Å². The standard InChI is InChI=1S/C23H25N3O6/c1-5-31-18-9-6-14(10-20(18)30-4)22-24-23(32-25-22)15-11-21(27)26(13-15)17-8-7-16(28-2)12-19(17)29-3/h6-10,12,15H,5,11,13H2,1-4H3. The largest absolute Gasteiger partial charge is 0.497 e. The summed E-state index contributed by atoms with van der Waals surface area (Å²) in [6.45, 7) is 2.86. The van der Waals surface area contributed by atoms with Crippen molar-refractivity contribution in [1.29, 1.82) is 0 Å². The Balaban J connectivity index is 1.55. The first-order chi connectivity index (χ1) is 15.6. The molecule has 3 aromatic rings. The zero-order valence-electron chi connectivity index (χ0n) is 18.5. The lowest BCUT2D eigenvalue weighted by molar-refractivity contribution is -0.117. The number of amides is 1. The van der Waals surface area contributed by atoms with Crippen molar-refractivity contribution in [3.63, 3.8) is 0 Å². The summed E-state index contributed by atoms with van der Waals surface area (Å²) < 4.78 is 27.2. The van der Waals surface area contributed by atoms with E-state index in [2.05, 4.69) is 10.1 Å². The number of benzene rings is 2. The monoisotopic (exact) mass is 439 g/mol.